The summed E-state index contributed by atoms with van der Waals surface area (Å²) < 4.78 is 0. The summed E-state index contributed by atoms with van der Waals surface area (Å²) in [6.45, 7) is 4.11. The first-order chi connectivity index (χ1) is 15.7. The first kappa shape index (κ1) is 24.4. The molecule has 0 heterocycles. The highest BCUT2D eigenvalue weighted by molar-refractivity contribution is 5.64. The summed E-state index contributed by atoms with van der Waals surface area (Å²) in [6, 6.07) is 8.70. The average Bonchev–Trinajstić information content (AvgIpc) is 3.09. The molecule has 0 aliphatic heterocycles. The Morgan fingerprint density at radius 3 is 2.62 bits per heavy atom. The van der Waals surface area contributed by atoms with Gasteiger partial charge in [0, 0.05) is 6.42 Å². The average molecular weight is 418 g/mol. The Morgan fingerprint density at radius 2 is 1.91 bits per heavy atom. The van der Waals surface area contributed by atoms with Crippen LogP contribution < -0.4 is 0 Å². The molecule has 0 spiro atoms. The van der Waals surface area contributed by atoms with Gasteiger partial charge in [-0.3, -0.25) is 0 Å². The van der Waals surface area contributed by atoms with Crippen LogP contribution in [0.4, 0.5) is 0 Å². The van der Waals surface area contributed by atoms with E-state index in [0.717, 1.165) is 24.0 Å². The van der Waals surface area contributed by atoms with Gasteiger partial charge in [0.25, 0.3) is 0 Å². The minimum atomic E-state index is 0.580. The Labute approximate surface area is 193 Å². The smallest absolute Gasteiger partial charge is 0.00744 e. The van der Waals surface area contributed by atoms with Crippen molar-refractivity contribution in [2.24, 2.45) is 0 Å². The molecule has 0 amide bonds. The normalized spacial score (nSPS) is 14.7. The zero-order chi connectivity index (χ0) is 23.0. The first-order valence-electron chi connectivity index (χ1n) is 10.9. The second kappa shape index (κ2) is 14.2. The van der Waals surface area contributed by atoms with Gasteiger partial charge in [0.1, 0.15) is 0 Å². The van der Waals surface area contributed by atoms with Gasteiger partial charge in [-0.05, 0) is 85.1 Å². The van der Waals surface area contributed by atoms with Crippen LogP contribution in [-0.2, 0) is 6.42 Å². The van der Waals surface area contributed by atoms with Gasteiger partial charge in [0.15, 0.2) is 0 Å². The summed E-state index contributed by atoms with van der Waals surface area (Å²) >= 11 is 0. The Bertz CT molecular complexity index is 1090. The third kappa shape index (κ3) is 8.11. The summed E-state index contributed by atoms with van der Waals surface area (Å²) in [6.07, 6.45) is 32.9. The second-order valence-electron chi connectivity index (χ2n) is 7.38. The number of terminal acetylenes is 1. The molecule has 1 heteroatoms. The van der Waals surface area contributed by atoms with Crippen LogP contribution in [0.3, 0.4) is 0 Å². The second-order valence-corrected chi connectivity index (χ2v) is 7.38. The summed E-state index contributed by atoms with van der Waals surface area (Å²) in [4.78, 5) is 0. The molecule has 2 rings (SSSR count). The number of benzene rings is 1. The van der Waals surface area contributed by atoms with Gasteiger partial charge in [-0.2, -0.15) is 0 Å². The van der Waals surface area contributed by atoms with Crippen molar-refractivity contribution >= 4 is 6.21 Å². The van der Waals surface area contributed by atoms with E-state index in [1.54, 1.807) is 6.08 Å². The molecule has 1 aromatic rings. The van der Waals surface area contributed by atoms with Crippen molar-refractivity contribution in [2.75, 3.05) is 0 Å². The molecule has 1 nitrogen and oxygen atoms in total. The predicted octanol–water partition coefficient (Wildman–Crippen LogP) is 7.72. The van der Waals surface area contributed by atoms with Crippen LogP contribution in [0.1, 0.15) is 30.9 Å². The summed E-state index contributed by atoms with van der Waals surface area (Å²) in [7, 11) is 0. The van der Waals surface area contributed by atoms with E-state index in [4.69, 9.17) is 11.8 Å². The highest BCUT2D eigenvalue weighted by atomic mass is 14.3. The lowest BCUT2D eigenvalue weighted by Gasteiger charge is -2.18. The fourth-order valence-electron chi connectivity index (χ4n) is 3.39. The van der Waals surface area contributed by atoms with Crippen molar-refractivity contribution in [3.05, 3.63) is 136 Å². The van der Waals surface area contributed by atoms with Crippen molar-refractivity contribution in [1.29, 1.82) is 5.41 Å². The molecule has 1 aromatic carbocycles. The van der Waals surface area contributed by atoms with Gasteiger partial charge >= 0.3 is 0 Å². The maximum Gasteiger partial charge on any atom is 0.00744 e. The number of rotatable bonds is 10. The number of hydrogen-bond donors (Lipinski definition) is 1. The predicted molar refractivity (Wildman–Crippen MR) is 140 cm³/mol. The number of nitrogens with one attached hydrogen (secondary N) is 1. The van der Waals surface area contributed by atoms with Gasteiger partial charge in [-0.15, -0.1) is 12.2 Å². The van der Waals surface area contributed by atoms with E-state index in [9.17, 15) is 0 Å². The lowest BCUT2D eigenvalue weighted by atomic mass is 9.86. The summed E-state index contributed by atoms with van der Waals surface area (Å²) in [5, 5.41) is 7.78. The monoisotopic (exact) mass is 417 g/mol. The third-order valence-corrected chi connectivity index (χ3v) is 5.00. The first-order valence-corrected chi connectivity index (χ1v) is 10.9. The third-order valence-electron chi connectivity index (χ3n) is 5.00. The lowest BCUT2D eigenvalue weighted by Crippen LogP contribution is -2.03. The van der Waals surface area contributed by atoms with Gasteiger partial charge in [-0.1, -0.05) is 84.4 Å². The van der Waals surface area contributed by atoms with Crippen LogP contribution in [0.15, 0.2) is 125 Å². The van der Waals surface area contributed by atoms with Crippen molar-refractivity contribution in [3.63, 3.8) is 0 Å². The summed E-state index contributed by atoms with van der Waals surface area (Å²) in [5.41, 5.74) is 10.4. The van der Waals surface area contributed by atoms with Crippen molar-refractivity contribution in [1.82, 2.24) is 0 Å². The molecule has 0 fully saturated rings. The van der Waals surface area contributed by atoms with E-state index in [-0.39, 0.29) is 0 Å². The maximum atomic E-state index is 7.78. The molecule has 0 radical (unpaired) electrons. The molecule has 0 saturated heterocycles. The standard InChI is InChI=1S/C31H31N/c1-4-6-8-9-14-18-30(29(23-24-32)15-7-5-2)31(28-16-12-10-11-13-17-28)25-27-21-19-26(3)20-22-27/h1,5-10,12-17,19-22,24,32H,18,23,25H2,2-3H3/b7-5-,8-6-,14-9-,29-15+,31-30+,32-24?. The fourth-order valence-corrected chi connectivity index (χ4v) is 3.39. The van der Waals surface area contributed by atoms with Crippen LogP contribution in [-0.4, -0.2) is 6.21 Å². The van der Waals surface area contributed by atoms with Crippen LogP contribution in [0.2, 0.25) is 0 Å². The Morgan fingerprint density at radius 1 is 1.09 bits per heavy atom. The van der Waals surface area contributed by atoms with Crippen molar-refractivity contribution in [3.8, 4) is 12.3 Å². The van der Waals surface area contributed by atoms with E-state index in [1.165, 1.54) is 28.5 Å². The molecular formula is C31H31N. The van der Waals surface area contributed by atoms with E-state index < -0.39 is 0 Å². The van der Waals surface area contributed by atoms with E-state index in [1.807, 2.05) is 49.5 Å². The van der Waals surface area contributed by atoms with Crippen molar-refractivity contribution < 1.29 is 0 Å². The molecule has 32 heavy (non-hydrogen) atoms. The number of hydrogen-bond acceptors (Lipinski definition) is 1. The number of aryl methyl sites for hydroxylation is 1. The zero-order valence-electron chi connectivity index (χ0n) is 19.0. The van der Waals surface area contributed by atoms with E-state index in [2.05, 4.69) is 67.1 Å². The molecule has 1 aliphatic rings. The van der Waals surface area contributed by atoms with Gasteiger partial charge in [0.2, 0.25) is 0 Å². The highest BCUT2D eigenvalue weighted by Crippen LogP contribution is 2.30. The number of allylic oxidation sites excluding steroid dienone is 15. The van der Waals surface area contributed by atoms with Crippen LogP contribution >= 0.6 is 0 Å². The molecular weight excluding hydrogens is 386 g/mol. The van der Waals surface area contributed by atoms with Crippen molar-refractivity contribution in [2.45, 2.75) is 33.1 Å². The molecule has 0 unspecified atom stereocenters. The van der Waals surface area contributed by atoms with Gasteiger partial charge < -0.3 is 5.41 Å². The van der Waals surface area contributed by atoms with Crippen LogP contribution in [0.25, 0.3) is 0 Å². The molecule has 0 aromatic heterocycles. The largest absolute Gasteiger partial charge is 0.313 e. The van der Waals surface area contributed by atoms with Crippen LogP contribution in [0.5, 0.6) is 0 Å². The lowest BCUT2D eigenvalue weighted by molar-refractivity contribution is 1.06. The van der Waals surface area contributed by atoms with E-state index >= 15 is 0 Å². The maximum absolute atomic E-state index is 7.78. The highest BCUT2D eigenvalue weighted by Gasteiger charge is 2.14. The van der Waals surface area contributed by atoms with Gasteiger partial charge in [0.05, 0.1) is 0 Å². The van der Waals surface area contributed by atoms with E-state index in [0.29, 0.717) is 6.42 Å². The van der Waals surface area contributed by atoms with Gasteiger partial charge in [-0.25, -0.2) is 0 Å². The Kier molecular flexibility index (Phi) is 10.8. The molecule has 160 valence electrons. The topological polar surface area (TPSA) is 23.9 Å². The Hall–Kier alpha value is -3.85. The minimum absolute atomic E-state index is 0.580. The molecule has 0 bridgehead atoms. The van der Waals surface area contributed by atoms with Crippen LogP contribution in [0, 0.1) is 24.7 Å². The summed E-state index contributed by atoms with van der Waals surface area (Å²) in [5.74, 6) is 2.52. The SMILES string of the molecule is C#C/C=C\C=C/CC(/C(=C/C=C\C)CC=N)=C(/Cc1ccc(C)cc1)C1=CC=C=CC=C1. The zero-order valence-corrected chi connectivity index (χ0v) is 19.0. The minimum Gasteiger partial charge on any atom is -0.313 e. The molecule has 1 N–H and O–H groups in total. The molecule has 0 atom stereocenters. The molecule has 1 aliphatic carbocycles. The molecule has 0 saturated carbocycles. The quantitative estimate of drug-likeness (QED) is 0.174. The fraction of sp³-hybridized carbons (Fsp3) is 0.161. The Balaban J connectivity index is 2.68.